The molecule has 1 aromatic heterocycles. The molecule has 1 aliphatic rings. The van der Waals surface area contributed by atoms with Crippen molar-refractivity contribution in [1.82, 2.24) is 9.55 Å². The summed E-state index contributed by atoms with van der Waals surface area (Å²) in [7, 11) is 1.61. The Hall–Kier alpha value is -3.28. The fourth-order valence-electron chi connectivity index (χ4n) is 3.18. The number of carbonyl (C=O) groups is 1. The van der Waals surface area contributed by atoms with Gasteiger partial charge in [-0.1, -0.05) is 12.1 Å². The van der Waals surface area contributed by atoms with Gasteiger partial charge < -0.3 is 19.9 Å². The van der Waals surface area contributed by atoms with E-state index in [0.717, 1.165) is 47.9 Å². The first-order valence-corrected chi connectivity index (χ1v) is 8.60. The van der Waals surface area contributed by atoms with Crippen LogP contribution in [-0.2, 0) is 13.0 Å². The zero-order valence-electron chi connectivity index (χ0n) is 14.5. The second-order valence-electron chi connectivity index (χ2n) is 6.20. The number of aryl methyl sites for hydroxylation is 1. The van der Waals surface area contributed by atoms with Crippen molar-refractivity contribution in [2.24, 2.45) is 0 Å². The molecule has 0 spiro atoms. The number of fused-ring (bicyclic) bond motifs is 1. The van der Waals surface area contributed by atoms with Gasteiger partial charge in [-0.15, -0.1) is 0 Å². The van der Waals surface area contributed by atoms with E-state index in [9.17, 15) is 4.79 Å². The first kappa shape index (κ1) is 16.2. The summed E-state index contributed by atoms with van der Waals surface area (Å²) in [5.74, 6) is 1.90. The van der Waals surface area contributed by atoms with Crippen LogP contribution < -0.4 is 15.4 Å². The normalized spacial score (nSPS) is 12.5. The average Bonchev–Trinajstić information content (AvgIpc) is 3.27. The predicted octanol–water partition coefficient (Wildman–Crippen LogP) is 4.15. The van der Waals surface area contributed by atoms with Crippen LogP contribution in [0.3, 0.4) is 0 Å². The van der Waals surface area contributed by atoms with Crippen LogP contribution in [0.25, 0.3) is 11.3 Å². The van der Waals surface area contributed by atoms with Crippen LogP contribution >= 0.6 is 0 Å². The number of benzene rings is 2. The highest BCUT2D eigenvalue weighted by Crippen LogP contribution is 2.26. The van der Waals surface area contributed by atoms with Gasteiger partial charge in [-0.05, 0) is 48.4 Å². The van der Waals surface area contributed by atoms with Crippen molar-refractivity contribution >= 4 is 17.4 Å². The van der Waals surface area contributed by atoms with Gasteiger partial charge in [0.25, 0.3) is 0 Å². The van der Waals surface area contributed by atoms with Crippen molar-refractivity contribution in [2.45, 2.75) is 19.4 Å². The molecule has 2 amide bonds. The maximum Gasteiger partial charge on any atom is 0.323 e. The third kappa shape index (κ3) is 3.26. The van der Waals surface area contributed by atoms with Gasteiger partial charge in [0.1, 0.15) is 11.6 Å². The van der Waals surface area contributed by atoms with Gasteiger partial charge in [0, 0.05) is 24.3 Å². The van der Waals surface area contributed by atoms with Gasteiger partial charge in [-0.2, -0.15) is 0 Å². The van der Waals surface area contributed by atoms with Crippen molar-refractivity contribution in [1.29, 1.82) is 0 Å². The number of urea groups is 1. The molecule has 0 bridgehead atoms. The topological polar surface area (TPSA) is 68.2 Å². The summed E-state index contributed by atoms with van der Waals surface area (Å²) in [4.78, 5) is 16.6. The second-order valence-corrected chi connectivity index (χ2v) is 6.20. The SMILES string of the molecule is COc1ccc(NC(=O)Nc2ccc(-c3cnc4n3CCC4)cc2)cc1. The van der Waals surface area contributed by atoms with Crippen LogP contribution in [-0.4, -0.2) is 22.7 Å². The van der Waals surface area contributed by atoms with E-state index in [1.165, 1.54) is 0 Å². The van der Waals surface area contributed by atoms with Crippen molar-refractivity contribution in [3.8, 4) is 17.0 Å². The maximum absolute atomic E-state index is 12.1. The van der Waals surface area contributed by atoms with Crippen LogP contribution in [0.5, 0.6) is 5.75 Å². The summed E-state index contributed by atoms with van der Waals surface area (Å²) in [6.07, 6.45) is 4.12. The summed E-state index contributed by atoms with van der Waals surface area (Å²) in [6, 6.07) is 14.7. The molecule has 0 unspecified atom stereocenters. The van der Waals surface area contributed by atoms with Crippen molar-refractivity contribution < 1.29 is 9.53 Å². The lowest BCUT2D eigenvalue weighted by molar-refractivity contribution is 0.262. The summed E-state index contributed by atoms with van der Waals surface area (Å²) < 4.78 is 7.37. The highest BCUT2D eigenvalue weighted by Gasteiger charge is 2.16. The van der Waals surface area contributed by atoms with Gasteiger partial charge in [0.15, 0.2) is 0 Å². The standard InChI is InChI=1S/C20H20N4O2/c1-26-17-10-8-16(9-11-17)23-20(25)22-15-6-4-14(5-7-15)18-13-21-19-3-2-12-24(18)19/h4-11,13H,2-3,12H2,1H3,(H2,22,23,25). The quantitative estimate of drug-likeness (QED) is 0.744. The first-order chi connectivity index (χ1) is 12.7. The highest BCUT2D eigenvalue weighted by atomic mass is 16.5. The third-order valence-corrected chi connectivity index (χ3v) is 4.51. The Bertz CT molecular complexity index is 914. The van der Waals surface area contributed by atoms with Crippen LogP contribution in [0, 0.1) is 0 Å². The zero-order chi connectivity index (χ0) is 17.9. The number of anilines is 2. The minimum atomic E-state index is -0.284. The number of nitrogens with zero attached hydrogens (tertiary/aromatic N) is 2. The van der Waals surface area contributed by atoms with Gasteiger partial charge in [-0.3, -0.25) is 0 Å². The minimum absolute atomic E-state index is 0.284. The number of hydrogen-bond acceptors (Lipinski definition) is 3. The number of rotatable bonds is 4. The number of hydrogen-bond donors (Lipinski definition) is 2. The molecule has 0 radical (unpaired) electrons. The van der Waals surface area contributed by atoms with Crippen LogP contribution in [0.15, 0.2) is 54.7 Å². The molecule has 2 aromatic carbocycles. The van der Waals surface area contributed by atoms with Crippen molar-refractivity contribution in [3.63, 3.8) is 0 Å². The average molecular weight is 348 g/mol. The molecule has 2 N–H and O–H groups in total. The van der Waals surface area contributed by atoms with Gasteiger partial charge in [0.2, 0.25) is 0 Å². The van der Waals surface area contributed by atoms with E-state index in [1.807, 2.05) is 30.5 Å². The molecule has 3 aromatic rings. The number of aromatic nitrogens is 2. The molecule has 6 heteroatoms. The van der Waals surface area contributed by atoms with Crippen LogP contribution in [0.4, 0.5) is 16.2 Å². The largest absolute Gasteiger partial charge is 0.497 e. The molecule has 6 nitrogen and oxygen atoms in total. The number of nitrogens with one attached hydrogen (secondary N) is 2. The molecule has 2 heterocycles. The van der Waals surface area contributed by atoms with E-state index in [-0.39, 0.29) is 6.03 Å². The summed E-state index contributed by atoms with van der Waals surface area (Å²) in [6.45, 7) is 1.02. The summed E-state index contributed by atoms with van der Waals surface area (Å²) in [5, 5.41) is 5.64. The molecule has 0 fully saturated rings. The van der Waals surface area contributed by atoms with E-state index in [4.69, 9.17) is 4.74 Å². The maximum atomic E-state index is 12.1. The number of carbonyl (C=O) groups excluding carboxylic acids is 1. The smallest absolute Gasteiger partial charge is 0.323 e. The van der Waals surface area contributed by atoms with Crippen molar-refractivity contribution in [2.75, 3.05) is 17.7 Å². The molecular formula is C20H20N4O2. The van der Waals surface area contributed by atoms with Crippen LogP contribution in [0.2, 0.25) is 0 Å². The number of ether oxygens (including phenoxy) is 1. The Morgan fingerprint density at radius 3 is 2.35 bits per heavy atom. The zero-order valence-corrected chi connectivity index (χ0v) is 14.5. The molecule has 0 aliphatic carbocycles. The minimum Gasteiger partial charge on any atom is -0.497 e. The summed E-state index contributed by atoms with van der Waals surface area (Å²) >= 11 is 0. The highest BCUT2D eigenvalue weighted by molar-refractivity contribution is 5.99. The fraction of sp³-hybridized carbons (Fsp3) is 0.200. The Balaban J connectivity index is 1.41. The second kappa shape index (κ2) is 6.92. The first-order valence-electron chi connectivity index (χ1n) is 8.60. The lowest BCUT2D eigenvalue weighted by Gasteiger charge is -2.09. The molecule has 26 heavy (non-hydrogen) atoms. The molecule has 0 saturated heterocycles. The van der Waals surface area contributed by atoms with E-state index < -0.39 is 0 Å². The molecule has 4 rings (SSSR count). The van der Waals surface area contributed by atoms with E-state index in [1.54, 1.807) is 31.4 Å². The molecule has 132 valence electrons. The fourth-order valence-corrected chi connectivity index (χ4v) is 3.18. The number of imidazole rings is 1. The Kier molecular flexibility index (Phi) is 4.31. The summed E-state index contributed by atoms with van der Waals surface area (Å²) in [5.41, 5.74) is 3.68. The van der Waals surface area contributed by atoms with E-state index >= 15 is 0 Å². The van der Waals surface area contributed by atoms with Gasteiger partial charge >= 0.3 is 6.03 Å². The monoisotopic (exact) mass is 348 g/mol. The van der Waals surface area contributed by atoms with Gasteiger partial charge in [-0.25, -0.2) is 9.78 Å². The molecule has 1 aliphatic heterocycles. The lowest BCUT2D eigenvalue weighted by Crippen LogP contribution is -2.19. The molecule has 0 atom stereocenters. The van der Waals surface area contributed by atoms with Crippen molar-refractivity contribution in [3.05, 3.63) is 60.6 Å². The third-order valence-electron chi connectivity index (χ3n) is 4.51. The Morgan fingerprint density at radius 1 is 1.04 bits per heavy atom. The van der Waals surface area contributed by atoms with E-state index in [0.29, 0.717) is 5.69 Å². The molecule has 0 saturated carbocycles. The van der Waals surface area contributed by atoms with E-state index in [2.05, 4.69) is 20.2 Å². The van der Waals surface area contributed by atoms with Gasteiger partial charge in [0.05, 0.1) is 19.0 Å². The number of methoxy groups -OCH3 is 1. The lowest BCUT2D eigenvalue weighted by atomic mass is 10.1. The molecular weight excluding hydrogens is 328 g/mol. The Labute approximate surface area is 151 Å². The predicted molar refractivity (Wildman–Crippen MR) is 102 cm³/mol. The number of amides is 2. The Morgan fingerprint density at radius 2 is 1.69 bits per heavy atom. The van der Waals surface area contributed by atoms with Crippen LogP contribution in [0.1, 0.15) is 12.2 Å².